The van der Waals surface area contributed by atoms with Crippen LogP contribution in [0.4, 0.5) is 18.9 Å². The minimum atomic E-state index is -4.39. The van der Waals surface area contributed by atoms with Gasteiger partial charge in [-0.25, -0.2) is 9.97 Å². The number of anilines is 1. The van der Waals surface area contributed by atoms with Crippen LogP contribution in [0.15, 0.2) is 61.2 Å². The van der Waals surface area contributed by atoms with Crippen LogP contribution < -0.4 is 4.90 Å². The standard InChI is InChI=1S/C21H19F3N4O/c22-21(23,24)18-6-2-1-4-15(18)10-16-5-3-7-19(27-16)20-13-28(8-9-29-20)17-11-25-14-26-12-17/h1-7,11-12,14,20H,8-10,13H2/t20-/m0/s1. The molecule has 1 aliphatic rings. The normalized spacial score (nSPS) is 17.3. The van der Waals surface area contributed by atoms with Gasteiger partial charge in [-0.15, -0.1) is 0 Å². The van der Waals surface area contributed by atoms with Crippen LogP contribution in [-0.4, -0.2) is 34.6 Å². The lowest BCUT2D eigenvalue weighted by atomic mass is 10.0. The van der Waals surface area contributed by atoms with Crippen molar-refractivity contribution in [3.63, 3.8) is 0 Å². The van der Waals surface area contributed by atoms with Gasteiger partial charge < -0.3 is 9.64 Å². The van der Waals surface area contributed by atoms with Crippen molar-refractivity contribution in [3.8, 4) is 0 Å². The summed E-state index contributed by atoms with van der Waals surface area (Å²) in [5.74, 6) is 0. The number of hydrogen-bond donors (Lipinski definition) is 0. The molecule has 4 rings (SSSR count). The molecule has 2 aromatic heterocycles. The Morgan fingerprint density at radius 3 is 2.62 bits per heavy atom. The van der Waals surface area contributed by atoms with Gasteiger partial charge in [0.2, 0.25) is 0 Å². The van der Waals surface area contributed by atoms with Gasteiger partial charge in [-0.3, -0.25) is 4.98 Å². The third-order valence-corrected chi connectivity index (χ3v) is 4.83. The highest BCUT2D eigenvalue weighted by atomic mass is 19.4. The average molecular weight is 400 g/mol. The number of ether oxygens (including phenoxy) is 1. The van der Waals surface area contributed by atoms with Gasteiger partial charge in [-0.1, -0.05) is 24.3 Å². The molecule has 0 spiro atoms. The zero-order valence-electron chi connectivity index (χ0n) is 15.5. The summed E-state index contributed by atoms with van der Waals surface area (Å²) in [4.78, 5) is 14.8. The maximum atomic E-state index is 13.3. The summed E-state index contributed by atoms with van der Waals surface area (Å²) in [6.07, 6.45) is 0.402. The maximum absolute atomic E-state index is 13.3. The van der Waals surface area contributed by atoms with E-state index in [1.54, 1.807) is 24.5 Å². The first-order valence-corrected chi connectivity index (χ1v) is 9.23. The molecule has 1 aliphatic heterocycles. The topological polar surface area (TPSA) is 51.1 Å². The summed E-state index contributed by atoms with van der Waals surface area (Å²) in [5, 5.41) is 0. The number of hydrogen-bond acceptors (Lipinski definition) is 5. The van der Waals surface area contributed by atoms with Crippen LogP contribution in [0, 0.1) is 0 Å². The minimum Gasteiger partial charge on any atom is -0.368 e. The SMILES string of the molecule is FC(F)(F)c1ccccc1Cc1cccc([C@@H]2CN(c3cncnc3)CCO2)n1. The van der Waals surface area contributed by atoms with E-state index in [-0.39, 0.29) is 18.1 Å². The molecule has 1 fully saturated rings. The van der Waals surface area contributed by atoms with E-state index in [1.165, 1.54) is 18.5 Å². The lowest BCUT2D eigenvalue weighted by Gasteiger charge is -2.33. The van der Waals surface area contributed by atoms with E-state index >= 15 is 0 Å². The first-order chi connectivity index (χ1) is 14.0. The molecule has 0 saturated carbocycles. The van der Waals surface area contributed by atoms with E-state index < -0.39 is 11.7 Å². The Labute approximate surface area is 166 Å². The van der Waals surface area contributed by atoms with Gasteiger partial charge in [0.1, 0.15) is 12.4 Å². The van der Waals surface area contributed by atoms with Gasteiger partial charge in [-0.2, -0.15) is 13.2 Å². The second kappa shape index (κ2) is 8.16. The number of benzene rings is 1. The van der Waals surface area contributed by atoms with Crippen molar-refractivity contribution in [1.82, 2.24) is 15.0 Å². The van der Waals surface area contributed by atoms with Crippen molar-refractivity contribution in [1.29, 1.82) is 0 Å². The van der Waals surface area contributed by atoms with E-state index in [4.69, 9.17) is 4.74 Å². The van der Waals surface area contributed by atoms with Crippen LogP contribution in [0.1, 0.15) is 28.6 Å². The molecule has 3 heterocycles. The first-order valence-electron chi connectivity index (χ1n) is 9.23. The van der Waals surface area contributed by atoms with Crippen molar-refractivity contribution in [2.45, 2.75) is 18.7 Å². The third kappa shape index (κ3) is 4.54. The molecule has 8 heteroatoms. The summed E-state index contributed by atoms with van der Waals surface area (Å²) >= 11 is 0. The molecule has 0 N–H and O–H groups in total. The summed E-state index contributed by atoms with van der Waals surface area (Å²) in [6.45, 7) is 1.80. The minimum absolute atomic E-state index is 0.104. The molecule has 1 saturated heterocycles. The van der Waals surface area contributed by atoms with Crippen molar-refractivity contribution >= 4 is 5.69 Å². The predicted molar refractivity (Wildman–Crippen MR) is 101 cm³/mol. The van der Waals surface area contributed by atoms with E-state index in [0.717, 1.165) is 11.8 Å². The predicted octanol–water partition coefficient (Wildman–Crippen LogP) is 4.06. The second-order valence-corrected chi connectivity index (χ2v) is 6.79. The summed E-state index contributed by atoms with van der Waals surface area (Å²) in [6, 6.07) is 11.0. The summed E-state index contributed by atoms with van der Waals surface area (Å²) < 4.78 is 45.7. The Morgan fingerprint density at radius 1 is 1.03 bits per heavy atom. The molecule has 150 valence electrons. The third-order valence-electron chi connectivity index (χ3n) is 4.83. The van der Waals surface area contributed by atoms with E-state index in [0.29, 0.717) is 31.1 Å². The average Bonchev–Trinajstić information content (AvgIpc) is 2.74. The molecule has 5 nitrogen and oxygen atoms in total. The van der Waals surface area contributed by atoms with Crippen molar-refractivity contribution < 1.29 is 17.9 Å². The smallest absolute Gasteiger partial charge is 0.368 e. The van der Waals surface area contributed by atoms with Gasteiger partial charge >= 0.3 is 6.18 Å². The fourth-order valence-corrected chi connectivity index (χ4v) is 3.44. The highest BCUT2D eigenvalue weighted by Crippen LogP contribution is 2.33. The number of alkyl halides is 3. The highest BCUT2D eigenvalue weighted by molar-refractivity contribution is 5.42. The van der Waals surface area contributed by atoms with Gasteiger partial charge in [-0.05, 0) is 23.8 Å². The second-order valence-electron chi connectivity index (χ2n) is 6.79. The van der Waals surface area contributed by atoms with Crippen LogP contribution >= 0.6 is 0 Å². The Hall–Kier alpha value is -3.00. The van der Waals surface area contributed by atoms with Crippen LogP contribution in [-0.2, 0) is 17.3 Å². The molecular formula is C21H19F3N4O. The van der Waals surface area contributed by atoms with Crippen molar-refractivity contribution in [3.05, 3.63) is 83.7 Å². The van der Waals surface area contributed by atoms with E-state index in [9.17, 15) is 13.2 Å². The molecule has 1 atom stereocenters. The van der Waals surface area contributed by atoms with Crippen LogP contribution in [0.25, 0.3) is 0 Å². The van der Waals surface area contributed by atoms with Gasteiger partial charge in [0, 0.05) is 18.7 Å². The molecule has 0 radical (unpaired) electrons. The maximum Gasteiger partial charge on any atom is 0.416 e. The molecular weight excluding hydrogens is 381 g/mol. The quantitative estimate of drug-likeness (QED) is 0.661. The number of nitrogens with zero attached hydrogens (tertiary/aromatic N) is 4. The van der Waals surface area contributed by atoms with Crippen LogP contribution in [0.5, 0.6) is 0 Å². The number of rotatable bonds is 4. The van der Waals surface area contributed by atoms with Crippen LogP contribution in [0.2, 0.25) is 0 Å². The zero-order valence-corrected chi connectivity index (χ0v) is 15.5. The lowest BCUT2D eigenvalue weighted by molar-refractivity contribution is -0.138. The molecule has 0 bridgehead atoms. The van der Waals surface area contributed by atoms with Crippen LogP contribution in [0.3, 0.4) is 0 Å². The number of morpholine rings is 1. The number of pyridine rings is 1. The van der Waals surface area contributed by atoms with E-state index in [2.05, 4.69) is 19.9 Å². The Bertz CT molecular complexity index is 965. The van der Waals surface area contributed by atoms with E-state index in [1.807, 2.05) is 12.1 Å². The Kier molecular flexibility index (Phi) is 5.44. The van der Waals surface area contributed by atoms with Gasteiger partial charge in [0.15, 0.2) is 0 Å². The fourth-order valence-electron chi connectivity index (χ4n) is 3.44. The zero-order chi connectivity index (χ0) is 20.3. The number of halogens is 3. The lowest BCUT2D eigenvalue weighted by Crippen LogP contribution is -2.38. The summed E-state index contributed by atoms with van der Waals surface area (Å²) in [7, 11) is 0. The Balaban J connectivity index is 1.54. The molecule has 1 aromatic carbocycles. The highest BCUT2D eigenvalue weighted by Gasteiger charge is 2.33. The molecule has 0 amide bonds. The van der Waals surface area contributed by atoms with Gasteiger partial charge in [0.05, 0.1) is 42.5 Å². The number of aromatic nitrogens is 3. The fraction of sp³-hybridized carbons (Fsp3) is 0.286. The molecule has 29 heavy (non-hydrogen) atoms. The molecule has 0 aliphatic carbocycles. The van der Waals surface area contributed by atoms with Gasteiger partial charge in [0.25, 0.3) is 0 Å². The summed E-state index contributed by atoms with van der Waals surface area (Å²) in [5.41, 5.74) is 1.75. The first kappa shape index (κ1) is 19.3. The molecule has 0 unspecified atom stereocenters. The molecule has 3 aromatic rings. The Morgan fingerprint density at radius 2 is 1.83 bits per heavy atom. The largest absolute Gasteiger partial charge is 0.416 e. The monoisotopic (exact) mass is 400 g/mol. The van der Waals surface area contributed by atoms with Crippen molar-refractivity contribution in [2.75, 3.05) is 24.6 Å². The van der Waals surface area contributed by atoms with Crippen molar-refractivity contribution in [2.24, 2.45) is 0 Å².